The Hall–Kier alpha value is -3.12. The van der Waals surface area contributed by atoms with Gasteiger partial charge in [-0.05, 0) is 42.0 Å². The number of halogens is 1. The average Bonchev–Trinajstić information content (AvgIpc) is 3.09. The highest BCUT2D eigenvalue weighted by Crippen LogP contribution is 2.21. The van der Waals surface area contributed by atoms with E-state index in [-0.39, 0.29) is 22.9 Å². The molecule has 0 aliphatic rings. The summed E-state index contributed by atoms with van der Waals surface area (Å²) in [7, 11) is 0. The van der Waals surface area contributed by atoms with Gasteiger partial charge < -0.3 is 11.1 Å². The van der Waals surface area contributed by atoms with E-state index in [2.05, 4.69) is 10.4 Å². The number of aromatic nitrogens is 2. The maximum atomic E-state index is 12.2. The van der Waals surface area contributed by atoms with Crippen LogP contribution in [0, 0.1) is 0 Å². The number of hydrogen-bond donors (Lipinski definition) is 2. The van der Waals surface area contributed by atoms with E-state index in [4.69, 9.17) is 17.3 Å². The highest BCUT2D eigenvalue weighted by molar-refractivity contribution is 6.34. The summed E-state index contributed by atoms with van der Waals surface area (Å²) in [5.41, 5.74) is 7.71. The quantitative estimate of drug-likeness (QED) is 0.738. The number of nitrogens with zero attached hydrogens (tertiary/aromatic N) is 2. The summed E-state index contributed by atoms with van der Waals surface area (Å²) in [5.74, 6) is -0.796. The maximum absolute atomic E-state index is 12.2. The number of nitrogens with one attached hydrogen (secondary N) is 1. The van der Waals surface area contributed by atoms with Crippen molar-refractivity contribution < 1.29 is 9.59 Å². The summed E-state index contributed by atoms with van der Waals surface area (Å²) in [6.07, 6.45) is 3.77. The van der Waals surface area contributed by atoms with Crippen molar-refractivity contribution in [2.75, 3.05) is 5.32 Å². The number of nitrogens with two attached hydrogens (primary N) is 1. The fourth-order valence-electron chi connectivity index (χ4n) is 2.37. The van der Waals surface area contributed by atoms with E-state index in [1.807, 2.05) is 36.5 Å². The first-order valence-corrected chi connectivity index (χ1v) is 7.89. The minimum Gasteiger partial charge on any atom is -0.366 e. The lowest BCUT2D eigenvalue weighted by atomic mass is 10.1. The topological polar surface area (TPSA) is 90.0 Å². The normalized spacial score (nSPS) is 10.4. The number of hydrogen-bond acceptors (Lipinski definition) is 3. The van der Waals surface area contributed by atoms with E-state index in [1.165, 1.54) is 12.1 Å². The number of amides is 2. The van der Waals surface area contributed by atoms with Gasteiger partial charge in [-0.15, -0.1) is 0 Å². The zero-order chi connectivity index (χ0) is 17.8. The van der Waals surface area contributed by atoms with Gasteiger partial charge in [0.05, 0.1) is 22.7 Å². The van der Waals surface area contributed by atoms with Crippen LogP contribution < -0.4 is 11.1 Å². The van der Waals surface area contributed by atoms with E-state index < -0.39 is 5.91 Å². The molecule has 0 bridgehead atoms. The van der Waals surface area contributed by atoms with Crippen LogP contribution in [0.3, 0.4) is 0 Å². The minimum atomic E-state index is -0.611. The zero-order valence-electron chi connectivity index (χ0n) is 13.1. The molecule has 25 heavy (non-hydrogen) atoms. The highest BCUT2D eigenvalue weighted by atomic mass is 35.5. The molecule has 2 amide bonds. The molecule has 1 aromatic heterocycles. The number of rotatable bonds is 5. The number of anilines is 1. The third-order valence-electron chi connectivity index (χ3n) is 3.59. The fraction of sp³-hybridized carbons (Fsp3) is 0.0556. The van der Waals surface area contributed by atoms with E-state index in [9.17, 15) is 9.59 Å². The Morgan fingerprint density at radius 1 is 1.16 bits per heavy atom. The number of benzene rings is 2. The van der Waals surface area contributed by atoms with Gasteiger partial charge in [-0.25, -0.2) is 4.68 Å². The molecule has 6 nitrogen and oxygen atoms in total. The molecular weight excluding hydrogens is 340 g/mol. The molecule has 0 saturated heterocycles. The van der Waals surface area contributed by atoms with Crippen LogP contribution in [-0.4, -0.2) is 21.6 Å². The van der Waals surface area contributed by atoms with Crippen LogP contribution in [0.25, 0.3) is 5.69 Å². The van der Waals surface area contributed by atoms with Crippen molar-refractivity contribution in [3.05, 3.63) is 77.1 Å². The van der Waals surface area contributed by atoms with Gasteiger partial charge in [0.15, 0.2) is 0 Å². The summed E-state index contributed by atoms with van der Waals surface area (Å²) in [4.78, 5) is 23.3. The fourth-order valence-corrected chi connectivity index (χ4v) is 2.65. The largest absolute Gasteiger partial charge is 0.366 e. The molecule has 3 N–H and O–H groups in total. The smallest absolute Gasteiger partial charge is 0.250 e. The van der Waals surface area contributed by atoms with Crippen molar-refractivity contribution in [2.45, 2.75) is 6.42 Å². The lowest BCUT2D eigenvalue weighted by molar-refractivity contribution is -0.115. The molecule has 3 rings (SSSR count). The molecule has 2 aromatic carbocycles. The van der Waals surface area contributed by atoms with Crippen LogP contribution >= 0.6 is 11.6 Å². The first-order chi connectivity index (χ1) is 12.0. The predicted molar refractivity (Wildman–Crippen MR) is 95.9 cm³/mol. The third kappa shape index (κ3) is 4.05. The molecule has 0 fully saturated rings. The molecule has 0 spiro atoms. The van der Waals surface area contributed by atoms with Crippen molar-refractivity contribution in [1.82, 2.24) is 9.78 Å². The Kier molecular flexibility index (Phi) is 4.81. The van der Waals surface area contributed by atoms with Gasteiger partial charge in [0.1, 0.15) is 0 Å². The van der Waals surface area contributed by atoms with Crippen molar-refractivity contribution >= 4 is 29.1 Å². The summed E-state index contributed by atoms with van der Waals surface area (Å²) in [5, 5.41) is 7.10. The van der Waals surface area contributed by atoms with E-state index in [0.29, 0.717) is 5.69 Å². The number of carbonyl (C=O) groups is 2. The Bertz CT molecular complexity index is 905. The number of primary amides is 1. The SMILES string of the molecule is NC(=O)c1ccc(NC(=O)Cc2ccc(-n3cccn3)cc2)cc1Cl. The van der Waals surface area contributed by atoms with Crippen LogP contribution in [0.5, 0.6) is 0 Å². The Morgan fingerprint density at radius 3 is 2.52 bits per heavy atom. The van der Waals surface area contributed by atoms with Gasteiger partial charge in [-0.3, -0.25) is 9.59 Å². The molecule has 7 heteroatoms. The lowest BCUT2D eigenvalue weighted by Gasteiger charge is -2.08. The molecule has 0 saturated carbocycles. The van der Waals surface area contributed by atoms with Gasteiger partial charge in [-0.1, -0.05) is 23.7 Å². The first kappa shape index (κ1) is 16.7. The van der Waals surface area contributed by atoms with Crippen molar-refractivity contribution in [1.29, 1.82) is 0 Å². The summed E-state index contributed by atoms with van der Waals surface area (Å²) >= 11 is 5.97. The molecule has 0 unspecified atom stereocenters. The molecule has 3 aromatic rings. The lowest BCUT2D eigenvalue weighted by Crippen LogP contribution is -2.15. The standard InChI is InChI=1S/C18H15ClN4O2/c19-16-11-13(4-7-15(16)18(20)25)22-17(24)10-12-2-5-14(6-3-12)23-9-1-8-21-23/h1-9,11H,10H2,(H2,20,25)(H,22,24). The zero-order valence-corrected chi connectivity index (χ0v) is 13.9. The van der Waals surface area contributed by atoms with Gasteiger partial charge in [0, 0.05) is 18.1 Å². The second-order valence-corrected chi connectivity index (χ2v) is 5.81. The second-order valence-electron chi connectivity index (χ2n) is 5.40. The van der Waals surface area contributed by atoms with Crippen LogP contribution in [-0.2, 0) is 11.2 Å². The highest BCUT2D eigenvalue weighted by Gasteiger charge is 2.09. The minimum absolute atomic E-state index is 0.185. The Labute approximate surface area is 149 Å². The predicted octanol–water partition coefficient (Wildman–Crippen LogP) is 2.81. The summed E-state index contributed by atoms with van der Waals surface area (Å²) in [6, 6.07) is 14.0. The molecule has 1 heterocycles. The van der Waals surface area contributed by atoms with Crippen molar-refractivity contribution in [2.24, 2.45) is 5.73 Å². The van der Waals surface area contributed by atoms with E-state index >= 15 is 0 Å². The molecule has 0 aliphatic carbocycles. The van der Waals surface area contributed by atoms with Crippen molar-refractivity contribution in [3.63, 3.8) is 0 Å². The molecule has 0 atom stereocenters. The summed E-state index contributed by atoms with van der Waals surface area (Å²) in [6.45, 7) is 0. The maximum Gasteiger partial charge on any atom is 0.250 e. The van der Waals surface area contributed by atoms with Crippen LogP contribution in [0.1, 0.15) is 15.9 Å². The van der Waals surface area contributed by atoms with Gasteiger partial charge >= 0.3 is 0 Å². The number of carbonyl (C=O) groups excluding carboxylic acids is 2. The van der Waals surface area contributed by atoms with Gasteiger partial charge in [-0.2, -0.15) is 5.10 Å². The third-order valence-corrected chi connectivity index (χ3v) is 3.90. The molecular formula is C18H15ClN4O2. The molecule has 0 aliphatic heterocycles. The van der Waals surface area contributed by atoms with E-state index in [1.54, 1.807) is 16.9 Å². The van der Waals surface area contributed by atoms with E-state index in [0.717, 1.165) is 11.3 Å². The first-order valence-electron chi connectivity index (χ1n) is 7.51. The molecule has 126 valence electrons. The van der Waals surface area contributed by atoms with Crippen LogP contribution in [0.4, 0.5) is 5.69 Å². The van der Waals surface area contributed by atoms with Crippen LogP contribution in [0.2, 0.25) is 5.02 Å². The monoisotopic (exact) mass is 354 g/mol. The van der Waals surface area contributed by atoms with Crippen LogP contribution in [0.15, 0.2) is 60.9 Å². The second kappa shape index (κ2) is 7.19. The molecule has 0 radical (unpaired) electrons. The van der Waals surface area contributed by atoms with Gasteiger partial charge in [0.2, 0.25) is 11.8 Å². The average molecular weight is 355 g/mol. The van der Waals surface area contributed by atoms with Crippen molar-refractivity contribution in [3.8, 4) is 5.69 Å². The summed E-state index contributed by atoms with van der Waals surface area (Å²) < 4.78 is 1.74. The Balaban J connectivity index is 1.64. The Morgan fingerprint density at radius 2 is 1.92 bits per heavy atom. The van der Waals surface area contributed by atoms with Gasteiger partial charge in [0.25, 0.3) is 0 Å².